The van der Waals surface area contributed by atoms with Gasteiger partial charge in [0.1, 0.15) is 0 Å². The van der Waals surface area contributed by atoms with E-state index in [0.717, 1.165) is 24.5 Å². The summed E-state index contributed by atoms with van der Waals surface area (Å²) in [7, 11) is 0. The molecule has 1 aromatic heterocycles. The van der Waals surface area contributed by atoms with Crippen molar-refractivity contribution >= 4 is 10.9 Å². The van der Waals surface area contributed by atoms with Crippen LogP contribution in [0.1, 0.15) is 25.3 Å². The highest BCUT2D eigenvalue weighted by atomic mass is 15.1. The largest absolute Gasteiger partial charge is 0.312 e. The number of rotatable bonds is 5. The van der Waals surface area contributed by atoms with Gasteiger partial charge in [0.25, 0.3) is 0 Å². The molecule has 1 aromatic carbocycles. The third-order valence-corrected chi connectivity index (χ3v) is 4.64. The minimum atomic E-state index is 0.834. The van der Waals surface area contributed by atoms with Crippen molar-refractivity contribution in [3.05, 3.63) is 42.1 Å². The first-order valence-corrected chi connectivity index (χ1v) is 8.12. The van der Waals surface area contributed by atoms with Crippen LogP contribution in [0.2, 0.25) is 0 Å². The fraction of sp³-hybridized carbons (Fsp3) is 0.500. The Morgan fingerprint density at radius 2 is 2.00 bits per heavy atom. The van der Waals surface area contributed by atoms with E-state index in [0.29, 0.717) is 0 Å². The van der Waals surface area contributed by atoms with Gasteiger partial charge in [-0.3, -0.25) is 4.98 Å². The highest BCUT2D eigenvalue weighted by Gasteiger charge is 2.17. The number of piperidine rings is 1. The molecule has 0 amide bonds. The smallest absolute Gasteiger partial charge is 0.0705 e. The highest BCUT2D eigenvalue weighted by molar-refractivity contribution is 5.81. The fourth-order valence-electron chi connectivity index (χ4n) is 3.23. The van der Waals surface area contributed by atoms with Crippen molar-refractivity contribution in [3.8, 4) is 0 Å². The Kier molecular flexibility index (Phi) is 4.84. The van der Waals surface area contributed by atoms with E-state index in [1.165, 1.54) is 43.4 Å². The van der Waals surface area contributed by atoms with E-state index < -0.39 is 0 Å². The van der Waals surface area contributed by atoms with Gasteiger partial charge in [-0.1, -0.05) is 25.1 Å². The highest BCUT2D eigenvalue weighted by Crippen LogP contribution is 2.18. The second-order valence-corrected chi connectivity index (χ2v) is 6.00. The Balaban J connectivity index is 1.53. The molecule has 0 saturated carbocycles. The van der Waals surface area contributed by atoms with Gasteiger partial charge in [0.2, 0.25) is 0 Å². The van der Waals surface area contributed by atoms with E-state index >= 15 is 0 Å². The fourth-order valence-corrected chi connectivity index (χ4v) is 3.23. The zero-order valence-electron chi connectivity index (χ0n) is 12.9. The van der Waals surface area contributed by atoms with Crippen LogP contribution < -0.4 is 5.32 Å². The monoisotopic (exact) mass is 283 g/mol. The van der Waals surface area contributed by atoms with Crippen LogP contribution in [0.25, 0.3) is 10.9 Å². The number of para-hydroxylation sites is 1. The molecule has 1 N–H and O–H groups in total. The van der Waals surface area contributed by atoms with Gasteiger partial charge in [-0.05, 0) is 62.6 Å². The van der Waals surface area contributed by atoms with E-state index in [2.05, 4.69) is 46.4 Å². The second kappa shape index (κ2) is 7.01. The van der Waals surface area contributed by atoms with Crippen LogP contribution in [0.4, 0.5) is 0 Å². The summed E-state index contributed by atoms with van der Waals surface area (Å²) in [4.78, 5) is 6.97. The van der Waals surface area contributed by atoms with Crippen molar-refractivity contribution in [1.82, 2.24) is 15.2 Å². The lowest BCUT2D eigenvalue weighted by molar-refractivity contribution is 0.190. The first-order valence-electron chi connectivity index (χ1n) is 8.12. The number of nitrogens with zero attached hydrogens (tertiary/aromatic N) is 2. The number of hydrogen-bond donors (Lipinski definition) is 1. The first-order chi connectivity index (χ1) is 10.4. The summed E-state index contributed by atoms with van der Waals surface area (Å²) in [5, 5.41) is 4.92. The van der Waals surface area contributed by atoms with Crippen LogP contribution >= 0.6 is 0 Å². The normalized spacial score (nSPS) is 17.4. The topological polar surface area (TPSA) is 28.2 Å². The predicted molar refractivity (Wildman–Crippen MR) is 88.3 cm³/mol. The molecule has 1 aliphatic rings. The molecule has 2 aromatic rings. The van der Waals surface area contributed by atoms with Crippen LogP contribution in [-0.4, -0.2) is 36.1 Å². The number of likely N-dealkylation sites (tertiary alicyclic amines) is 1. The van der Waals surface area contributed by atoms with Crippen molar-refractivity contribution in [2.45, 2.75) is 26.3 Å². The van der Waals surface area contributed by atoms with Crippen LogP contribution in [0.15, 0.2) is 36.5 Å². The van der Waals surface area contributed by atoms with Gasteiger partial charge in [0, 0.05) is 18.1 Å². The Morgan fingerprint density at radius 1 is 1.19 bits per heavy atom. The van der Waals surface area contributed by atoms with Gasteiger partial charge in [-0.2, -0.15) is 0 Å². The molecule has 2 heterocycles. The van der Waals surface area contributed by atoms with E-state index in [9.17, 15) is 0 Å². The van der Waals surface area contributed by atoms with Crippen molar-refractivity contribution < 1.29 is 0 Å². The lowest BCUT2D eigenvalue weighted by atomic mass is 9.96. The SMILES string of the molecule is CCN1CCC(CNCc2ccnc3ccccc23)CC1. The maximum absolute atomic E-state index is 4.42. The summed E-state index contributed by atoms with van der Waals surface area (Å²) in [6.45, 7) is 8.06. The second-order valence-electron chi connectivity index (χ2n) is 6.00. The molecule has 3 rings (SSSR count). The molecular weight excluding hydrogens is 258 g/mol. The quantitative estimate of drug-likeness (QED) is 0.914. The van der Waals surface area contributed by atoms with Crippen LogP contribution in [-0.2, 0) is 6.54 Å². The molecule has 0 unspecified atom stereocenters. The Bertz CT molecular complexity index is 568. The third-order valence-electron chi connectivity index (χ3n) is 4.64. The first kappa shape index (κ1) is 14.5. The molecule has 0 bridgehead atoms. The van der Waals surface area contributed by atoms with E-state index in [4.69, 9.17) is 0 Å². The van der Waals surface area contributed by atoms with Crippen molar-refractivity contribution in [2.75, 3.05) is 26.2 Å². The van der Waals surface area contributed by atoms with Crippen LogP contribution in [0, 0.1) is 5.92 Å². The van der Waals surface area contributed by atoms with Crippen molar-refractivity contribution in [2.24, 2.45) is 5.92 Å². The van der Waals surface area contributed by atoms with Crippen LogP contribution in [0.3, 0.4) is 0 Å². The van der Waals surface area contributed by atoms with Gasteiger partial charge < -0.3 is 10.2 Å². The molecular formula is C18H25N3. The summed E-state index contributed by atoms with van der Waals surface area (Å²) in [5.74, 6) is 0.834. The Hall–Kier alpha value is -1.45. The zero-order valence-corrected chi connectivity index (χ0v) is 12.9. The zero-order chi connectivity index (χ0) is 14.5. The average Bonchev–Trinajstić information content (AvgIpc) is 2.56. The number of pyridine rings is 1. The molecule has 0 spiro atoms. The Morgan fingerprint density at radius 3 is 2.81 bits per heavy atom. The summed E-state index contributed by atoms with van der Waals surface area (Å²) >= 11 is 0. The lowest BCUT2D eigenvalue weighted by Gasteiger charge is -2.31. The average molecular weight is 283 g/mol. The number of aromatic nitrogens is 1. The van der Waals surface area contributed by atoms with Gasteiger partial charge in [0.05, 0.1) is 5.52 Å². The maximum atomic E-state index is 4.42. The standard InChI is InChI=1S/C18H25N3/c1-2-21-11-8-15(9-12-21)13-19-14-16-7-10-20-18-6-4-3-5-17(16)18/h3-7,10,15,19H,2,8-9,11-14H2,1H3. The van der Waals surface area contributed by atoms with Gasteiger partial charge in [-0.15, -0.1) is 0 Å². The molecule has 0 aliphatic carbocycles. The molecule has 112 valence electrons. The minimum absolute atomic E-state index is 0.834. The van der Waals surface area contributed by atoms with E-state index in [1.54, 1.807) is 0 Å². The molecule has 3 nitrogen and oxygen atoms in total. The van der Waals surface area contributed by atoms with Crippen molar-refractivity contribution in [3.63, 3.8) is 0 Å². The van der Waals surface area contributed by atoms with E-state index in [1.807, 2.05) is 12.3 Å². The summed E-state index contributed by atoms with van der Waals surface area (Å²) in [6.07, 6.45) is 4.58. The number of fused-ring (bicyclic) bond motifs is 1. The van der Waals surface area contributed by atoms with Crippen molar-refractivity contribution in [1.29, 1.82) is 0 Å². The molecule has 1 fully saturated rings. The molecule has 0 atom stereocenters. The molecule has 0 radical (unpaired) electrons. The lowest BCUT2D eigenvalue weighted by Crippen LogP contribution is -2.36. The minimum Gasteiger partial charge on any atom is -0.312 e. The molecule has 1 aliphatic heterocycles. The Labute approximate surface area is 127 Å². The number of benzene rings is 1. The summed E-state index contributed by atoms with van der Waals surface area (Å²) in [6, 6.07) is 10.5. The van der Waals surface area contributed by atoms with Gasteiger partial charge in [0.15, 0.2) is 0 Å². The summed E-state index contributed by atoms with van der Waals surface area (Å²) in [5.41, 5.74) is 2.44. The van der Waals surface area contributed by atoms with Gasteiger partial charge >= 0.3 is 0 Å². The maximum Gasteiger partial charge on any atom is 0.0705 e. The van der Waals surface area contributed by atoms with Crippen LogP contribution in [0.5, 0.6) is 0 Å². The third kappa shape index (κ3) is 3.60. The molecule has 1 saturated heterocycles. The summed E-state index contributed by atoms with van der Waals surface area (Å²) < 4.78 is 0. The number of hydrogen-bond acceptors (Lipinski definition) is 3. The number of nitrogens with one attached hydrogen (secondary N) is 1. The van der Waals surface area contributed by atoms with Gasteiger partial charge in [-0.25, -0.2) is 0 Å². The van der Waals surface area contributed by atoms with E-state index in [-0.39, 0.29) is 0 Å². The predicted octanol–water partition coefficient (Wildman–Crippen LogP) is 3.06. The molecule has 21 heavy (non-hydrogen) atoms. The molecule has 3 heteroatoms.